The van der Waals surface area contributed by atoms with Crippen molar-refractivity contribution in [3.05, 3.63) is 41.3 Å². The van der Waals surface area contributed by atoms with Gasteiger partial charge in [-0.05, 0) is 31.0 Å². The van der Waals surface area contributed by atoms with Gasteiger partial charge in [-0.1, -0.05) is 11.6 Å². The Labute approximate surface area is 192 Å². The fraction of sp³-hybridized carbons (Fsp3) is 0.381. The molecule has 1 aliphatic heterocycles. The van der Waals surface area contributed by atoms with Gasteiger partial charge in [-0.2, -0.15) is 13.2 Å². The minimum atomic E-state index is -4.61. The number of nitrogens with zero attached hydrogens (tertiary/aromatic N) is 4. The molecule has 1 fully saturated rings. The Balaban J connectivity index is 1.50. The van der Waals surface area contributed by atoms with Crippen molar-refractivity contribution in [3.8, 4) is 11.5 Å². The molecule has 33 heavy (non-hydrogen) atoms. The number of fused-ring (bicyclic) bond motifs is 1. The van der Waals surface area contributed by atoms with E-state index in [1.807, 2.05) is 0 Å². The molecule has 0 bridgehead atoms. The summed E-state index contributed by atoms with van der Waals surface area (Å²) in [6, 6.07) is 5.23. The quantitative estimate of drug-likeness (QED) is 0.565. The molecular weight excluding hydrogens is 463 g/mol. The summed E-state index contributed by atoms with van der Waals surface area (Å²) in [7, 11) is 2.91. The summed E-state index contributed by atoms with van der Waals surface area (Å²) in [5.74, 6) is -0.212. The summed E-state index contributed by atoms with van der Waals surface area (Å²) in [6.45, 7) is 0.513. The highest BCUT2D eigenvalue weighted by Crippen LogP contribution is 2.38. The molecule has 2 aromatic heterocycles. The highest BCUT2D eigenvalue weighted by Gasteiger charge is 2.40. The number of methoxy groups -OCH3 is 2. The Hall–Kier alpha value is -3.21. The van der Waals surface area contributed by atoms with Gasteiger partial charge in [-0.25, -0.2) is 14.8 Å². The summed E-state index contributed by atoms with van der Waals surface area (Å²) in [5, 5.41) is 3.05. The maximum absolute atomic E-state index is 13.6. The van der Waals surface area contributed by atoms with Crippen molar-refractivity contribution in [1.82, 2.24) is 19.4 Å². The summed E-state index contributed by atoms with van der Waals surface area (Å²) < 4.78 is 52.5. The maximum atomic E-state index is 13.6. The molecule has 0 saturated carbocycles. The second-order valence-electron chi connectivity index (χ2n) is 7.48. The lowest BCUT2D eigenvalue weighted by molar-refractivity contribution is -0.147. The molecule has 0 aliphatic carbocycles. The number of carbonyl (C=O) groups excluding carboxylic acids is 1. The number of anilines is 1. The van der Waals surface area contributed by atoms with E-state index >= 15 is 0 Å². The molecule has 0 atom stereocenters. The van der Waals surface area contributed by atoms with Gasteiger partial charge in [-0.15, -0.1) is 0 Å². The zero-order valence-corrected chi connectivity index (χ0v) is 18.6. The molecule has 8 nitrogen and oxygen atoms in total. The number of amides is 2. The van der Waals surface area contributed by atoms with Gasteiger partial charge in [0.25, 0.3) is 0 Å². The van der Waals surface area contributed by atoms with E-state index in [-0.39, 0.29) is 24.3 Å². The number of halogens is 4. The standard InChI is InChI=1S/C21H21ClF3N5O3/c1-32-16-11-17(33-2)15(10-13(16)22)28-20(31)29-8-5-12(6-9-29)30-18-14(4-3-7-26-18)27-19(30)21(23,24)25/h3-4,7,10-12H,5-6,8-9H2,1-2H3,(H,28,31). The monoisotopic (exact) mass is 483 g/mol. The lowest BCUT2D eigenvalue weighted by atomic mass is 10.0. The second-order valence-corrected chi connectivity index (χ2v) is 7.89. The van der Waals surface area contributed by atoms with Crippen molar-refractivity contribution >= 4 is 34.5 Å². The Morgan fingerprint density at radius 2 is 1.88 bits per heavy atom. The smallest absolute Gasteiger partial charge is 0.449 e. The van der Waals surface area contributed by atoms with Crippen molar-refractivity contribution < 1.29 is 27.4 Å². The fourth-order valence-corrected chi connectivity index (χ4v) is 4.20. The molecule has 4 rings (SSSR count). The summed E-state index contributed by atoms with van der Waals surface area (Å²) >= 11 is 6.15. The molecule has 3 heterocycles. The van der Waals surface area contributed by atoms with Crippen LogP contribution in [0.5, 0.6) is 11.5 Å². The van der Waals surface area contributed by atoms with E-state index in [9.17, 15) is 18.0 Å². The highest BCUT2D eigenvalue weighted by molar-refractivity contribution is 6.32. The van der Waals surface area contributed by atoms with Crippen LogP contribution < -0.4 is 14.8 Å². The Bertz CT molecular complexity index is 1180. The van der Waals surface area contributed by atoms with E-state index in [0.717, 1.165) is 4.57 Å². The topological polar surface area (TPSA) is 81.5 Å². The Morgan fingerprint density at radius 1 is 1.18 bits per heavy atom. The molecule has 12 heteroatoms. The molecule has 0 spiro atoms. The largest absolute Gasteiger partial charge is 0.495 e. The zero-order chi connectivity index (χ0) is 23.8. The summed E-state index contributed by atoms with van der Waals surface area (Å²) in [4.78, 5) is 22.2. The predicted molar refractivity (Wildman–Crippen MR) is 116 cm³/mol. The lowest BCUT2D eigenvalue weighted by Gasteiger charge is -2.33. The van der Waals surface area contributed by atoms with Crippen LogP contribution in [-0.4, -0.2) is 52.8 Å². The van der Waals surface area contributed by atoms with Gasteiger partial charge in [0.15, 0.2) is 5.65 Å². The van der Waals surface area contributed by atoms with E-state index in [2.05, 4.69) is 15.3 Å². The number of carbonyl (C=O) groups is 1. The van der Waals surface area contributed by atoms with Crippen LogP contribution in [0.15, 0.2) is 30.5 Å². The molecule has 2 amide bonds. The fourth-order valence-electron chi connectivity index (χ4n) is 3.95. The number of imidazole rings is 1. The van der Waals surface area contributed by atoms with Gasteiger partial charge in [0.2, 0.25) is 5.82 Å². The first-order valence-corrected chi connectivity index (χ1v) is 10.5. The number of hydrogen-bond donors (Lipinski definition) is 1. The highest BCUT2D eigenvalue weighted by atomic mass is 35.5. The minimum Gasteiger partial charge on any atom is -0.495 e. The molecule has 1 saturated heterocycles. The zero-order valence-electron chi connectivity index (χ0n) is 17.8. The third-order valence-electron chi connectivity index (χ3n) is 5.53. The number of piperidine rings is 1. The van der Waals surface area contributed by atoms with E-state index in [1.165, 1.54) is 37.4 Å². The van der Waals surface area contributed by atoms with Crippen LogP contribution in [0.3, 0.4) is 0 Å². The molecule has 1 aliphatic rings. The number of ether oxygens (including phenoxy) is 2. The van der Waals surface area contributed by atoms with Gasteiger partial charge in [0, 0.05) is 31.4 Å². The molecule has 1 aromatic carbocycles. The van der Waals surface area contributed by atoms with Crippen LogP contribution in [0, 0.1) is 0 Å². The molecule has 3 aromatic rings. The number of hydrogen-bond acceptors (Lipinski definition) is 5. The van der Waals surface area contributed by atoms with Gasteiger partial charge in [0.1, 0.15) is 17.0 Å². The van der Waals surface area contributed by atoms with Crippen LogP contribution in [0.25, 0.3) is 11.2 Å². The van der Waals surface area contributed by atoms with Gasteiger partial charge in [0.05, 0.1) is 24.9 Å². The number of nitrogens with one attached hydrogen (secondary N) is 1. The maximum Gasteiger partial charge on any atom is 0.449 e. The van der Waals surface area contributed by atoms with Crippen LogP contribution >= 0.6 is 11.6 Å². The third-order valence-corrected chi connectivity index (χ3v) is 5.83. The minimum absolute atomic E-state index is 0.185. The second kappa shape index (κ2) is 8.97. The lowest BCUT2D eigenvalue weighted by Crippen LogP contribution is -2.42. The van der Waals surface area contributed by atoms with Crippen molar-refractivity contribution in [2.75, 3.05) is 32.6 Å². The predicted octanol–water partition coefficient (Wildman–Crippen LogP) is 4.99. The van der Waals surface area contributed by atoms with Crippen molar-refractivity contribution in [1.29, 1.82) is 0 Å². The van der Waals surface area contributed by atoms with Crippen LogP contribution in [-0.2, 0) is 6.18 Å². The first-order chi connectivity index (χ1) is 15.7. The summed E-state index contributed by atoms with van der Waals surface area (Å²) in [5.41, 5.74) is 0.735. The van der Waals surface area contributed by atoms with E-state index in [4.69, 9.17) is 21.1 Å². The average Bonchev–Trinajstić information content (AvgIpc) is 3.20. The number of alkyl halides is 3. The first kappa shape index (κ1) is 23.0. The van der Waals surface area contributed by atoms with Crippen molar-refractivity contribution in [3.63, 3.8) is 0 Å². The molecule has 0 radical (unpaired) electrons. The molecular formula is C21H21ClF3N5O3. The van der Waals surface area contributed by atoms with Gasteiger partial charge < -0.3 is 24.3 Å². The van der Waals surface area contributed by atoms with Crippen LogP contribution in [0.4, 0.5) is 23.7 Å². The number of benzene rings is 1. The Kier molecular flexibility index (Phi) is 6.24. The van der Waals surface area contributed by atoms with Gasteiger partial charge >= 0.3 is 12.2 Å². The van der Waals surface area contributed by atoms with E-state index in [0.29, 0.717) is 35.1 Å². The Morgan fingerprint density at radius 3 is 2.52 bits per heavy atom. The van der Waals surface area contributed by atoms with Crippen LogP contribution in [0.2, 0.25) is 5.02 Å². The van der Waals surface area contributed by atoms with Gasteiger partial charge in [-0.3, -0.25) is 0 Å². The number of likely N-dealkylation sites (tertiary alicyclic amines) is 1. The van der Waals surface area contributed by atoms with E-state index in [1.54, 1.807) is 12.1 Å². The number of rotatable bonds is 4. The third kappa shape index (κ3) is 4.50. The normalized spacial score (nSPS) is 15.0. The summed E-state index contributed by atoms with van der Waals surface area (Å²) in [6.07, 6.45) is -2.53. The molecule has 0 unspecified atom stereocenters. The van der Waals surface area contributed by atoms with Crippen molar-refractivity contribution in [2.45, 2.75) is 25.1 Å². The molecule has 176 valence electrons. The number of urea groups is 1. The number of aromatic nitrogens is 3. The average molecular weight is 484 g/mol. The number of pyridine rings is 1. The SMILES string of the molecule is COc1cc(OC)c(NC(=O)N2CCC(n3c(C(F)(F)F)nc4cccnc43)CC2)cc1Cl. The van der Waals surface area contributed by atoms with E-state index < -0.39 is 24.1 Å². The van der Waals surface area contributed by atoms with Crippen LogP contribution in [0.1, 0.15) is 24.7 Å². The van der Waals surface area contributed by atoms with Crippen molar-refractivity contribution in [2.24, 2.45) is 0 Å². The molecule has 1 N–H and O–H groups in total. The first-order valence-electron chi connectivity index (χ1n) is 10.1.